The Kier molecular flexibility index (Phi) is 5.46. The molecule has 0 saturated carbocycles. The van der Waals surface area contributed by atoms with E-state index in [1.807, 2.05) is 18.2 Å². The Hall–Kier alpha value is -1.39. The van der Waals surface area contributed by atoms with Gasteiger partial charge in [-0.15, -0.1) is 0 Å². The number of rotatable bonds is 5. The number of likely N-dealkylation sites (tertiary alicyclic amines) is 1. The van der Waals surface area contributed by atoms with Crippen molar-refractivity contribution in [2.75, 3.05) is 26.2 Å². The van der Waals surface area contributed by atoms with E-state index in [-0.39, 0.29) is 12.0 Å². The molecule has 0 spiro atoms. The van der Waals surface area contributed by atoms with Gasteiger partial charge in [0.05, 0.1) is 6.10 Å². The molecule has 0 unspecified atom stereocenters. The summed E-state index contributed by atoms with van der Waals surface area (Å²) in [5, 5.41) is 3.01. The topological polar surface area (TPSA) is 41.6 Å². The number of carbonyl (C=O) groups excluding carboxylic acids is 1. The Morgan fingerprint density at radius 1 is 1.23 bits per heavy atom. The van der Waals surface area contributed by atoms with Crippen molar-refractivity contribution in [3.05, 3.63) is 35.4 Å². The Labute approximate surface area is 132 Å². The van der Waals surface area contributed by atoms with Gasteiger partial charge in [-0.3, -0.25) is 9.69 Å². The molecule has 4 nitrogen and oxygen atoms in total. The molecule has 1 aromatic carbocycles. The minimum atomic E-state index is 0.0115. The number of carbonyl (C=O) groups is 1. The molecule has 0 bridgehead atoms. The summed E-state index contributed by atoms with van der Waals surface area (Å²) < 4.78 is 5.66. The molecule has 1 atom stereocenters. The smallest absolute Gasteiger partial charge is 0.251 e. The van der Waals surface area contributed by atoms with E-state index in [9.17, 15) is 4.79 Å². The van der Waals surface area contributed by atoms with Gasteiger partial charge in [-0.25, -0.2) is 0 Å². The minimum absolute atomic E-state index is 0.0115. The largest absolute Gasteiger partial charge is 0.376 e. The Morgan fingerprint density at radius 2 is 2.09 bits per heavy atom. The van der Waals surface area contributed by atoms with Crippen LogP contribution in [-0.4, -0.2) is 43.2 Å². The number of nitrogens with zero attached hydrogens (tertiary/aromatic N) is 1. The Balaban J connectivity index is 1.52. The summed E-state index contributed by atoms with van der Waals surface area (Å²) in [6, 6.07) is 8.01. The van der Waals surface area contributed by atoms with E-state index >= 15 is 0 Å². The molecule has 2 heterocycles. The van der Waals surface area contributed by atoms with Crippen molar-refractivity contribution in [3.63, 3.8) is 0 Å². The summed E-state index contributed by atoms with van der Waals surface area (Å²) >= 11 is 0. The van der Waals surface area contributed by atoms with Crippen LogP contribution in [0.25, 0.3) is 0 Å². The summed E-state index contributed by atoms with van der Waals surface area (Å²) in [5.74, 6) is 0.0115. The lowest BCUT2D eigenvalue weighted by atomic mass is 10.1. The highest BCUT2D eigenvalue weighted by Gasteiger charge is 2.16. The number of nitrogens with one attached hydrogen (secondary N) is 1. The number of hydrogen-bond donors (Lipinski definition) is 1. The van der Waals surface area contributed by atoms with Gasteiger partial charge in [0.1, 0.15) is 0 Å². The zero-order chi connectivity index (χ0) is 15.2. The summed E-state index contributed by atoms with van der Waals surface area (Å²) in [7, 11) is 0. The molecule has 120 valence electrons. The Morgan fingerprint density at radius 3 is 2.86 bits per heavy atom. The number of amides is 1. The average molecular weight is 302 g/mol. The quantitative estimate of drug-likeness (QED) is 0.909. The number of ether oxygens (including phenoxy) is 1. The zero-order valence-corrected chi connectivity index (χ0v) is 13.2. The fraction of sp³-hybridized carbons (Fsp3) is 0.611. The second kappa shape index (κ2) is 7.75. The van der Waals surface area contributed by atoms with Crippen LogP contribution in [0.5, 0.6) is 0 Å². The van der Waals surface area contributed by atoms with Crippen molar-refractivity contribution in [2.24, 2.45) is 0 Å². The molecule has 0 aromatic heterocycles. The van der Waals surface area contributed by atoms with Crippen LogP contribution in [0.1, 0.15) is 48.0 Å². The van der Waals surface area contributed by atoms with Crippen LogP contribution in [-0.2, 0) is 11.3 Å². The van der Waals surface area contributed by atoms with Crippen molar-refractivity contribution in [3.8, 4) is 0 Å². The lowest BCUT2D eigenvalue weighted by molar-refractivity contribution is 0.0169. The molecule has 0 radical (unpaired) electrons. The van der Waals surface area contributed by atoms with Gasteiger partial charge >= 0.3 is 0 Å². The van der Waals surface area contributed by atoms with Gasteiger partial charge in [0.15, 0.2) is 0 Å². The SMILES string of the molecule is O=C(NC[C@@H]1CCCCO1)c1cccc(CN2CCCC2)c1. The maximum Gasteiger partial charge on any atom is 0.251 e. The molecule has 2 saturated heterocycles. The van der Waals surface area contributed by atoms with E-state index in [1.165, 1.54) is 37.9 Å². The molecule has 2 aliphatic heterocycles. The third-order valence-corrected chi connectivity index (χ3v) is 4.56. The second-order valence-corrected chi connectivity index (χ2v) is 6.38. The average Bonchev–Trinajstić information content (AvgIpc) is 3.07. The van der Waals surface area contributed by atoms with E-state index < -0.39 is 0 Å². The molecule has 4 heteroatoms. The van der Waals surface area contributed by atoms with Gasteiger partial charge in [-0.05, 0) is 62.9 Å². The summed E-state index contributed by atoms with van der Waals surface area (Å²) in [5.41, 5.74) is 1.98. The molecular formula is C18H26N2O2. The van der Waals surface area contributed by atoms with E-state index in [0.29, 0.717) is 6.54 Å². The standard InChI is InChI=1S/C18H26N2O2/c21-18(19-13-17-8-1-4-11-22-17)16-7-5-6-15(12-16)14-20-9-2-3-10-20/h5-7,12,17H,1-4,8-11,13-14H2,(H,19,21)/t17-/m0/s1. The molecule has 3 rings (SSSR count). The molecule has 2 fully saturated rings. The highest BCUT2D eigenvalue weighted by Crippen LogP contribution is 2.14. The molecule has 1 N–H and O–H groups in total. The fourth-order valence-electron chi connectivity index (χ4n) is 3.29. The first-order valence-electron chi connectivity index (χ1n) is 8.52. The van der Waals surface area contributed by atoms with E-state index in [2.05, 4.69) is 16.3 Å². The minimum Gasteiger partial charge on any atom is -0.376 e. The molecule has 1 amide bonds. The highest BCUT2D eigenvalue weighted by atomic mass is 16.5. The van der Waals surface area contributed by atoms with Gasteiger partial charge in [0, 0.05) is 25.3 Å². The summed E-state index contributed by atoms with van der Waals surface area (Å²) in [4.78, 5) is 14.7. The maximum atomic E-state index is 12.3. The number of hydrogen-bond acceptors (Lipinski definition) is 3. The lowest BCUT2D eigenvalue weighted by Crippen LogP contribution is -2.35. The van der Waals surface area contributed by atoms with Crippen molar-refractivity contribution >= 4 is 5.91 Å². The van der Waals surface area contributed by atoms with Crippen molar-refractivity contribution in [2.45, 2.75) is 44.8 Å². The van der Waals surface area contributed by atoms with Crippen LogP contribution < -0.4 is 5.32 Å². The molecule has 2 aliphatic rings. The third-order valence-electron chi connectivity index (χ3n) is 4.56. The monoisotopic (exact) mass is 302 g/mol. The van der Waals surface area contributed by atoms with Crippen LogP contribution in [0.15, 0.2) is 24.3 Å². The van der Waals surface area contributed by atoms with Crippen LogP contribution in [0.4, 0.5) is 0 Å². The van der Waals surface area contributed by atoms with Gasteiger partial charge < -0.3 is 10.1 Å². The molecular weight excluding hydrogens is 276 g/mol. The van der Waals surface area contributed by atoms with E-state index in [4.69, 9.17) is 4.74 Å². The molecule has 22 heavy (non-hydrogen) atoms. The lowest BCUT2D eigenvalue weighted by Gasteiger charge is -2.22. The van der Waals surface area contributed by atoms with E-state index in [1.54, 1.807) is 0 Å². The first-order chi connectivity index (χ1) is 10.8. The van der Waals surface area contributed by atoms with E-state index in [0.717, 1.165) is 31.6 Å². The first-order valence-corrected chi connectivity index (χ1v) is 8.52. The van der Waals surface area contributed by atoms with Crippen LogP contribution in [0.3, 0.4) is 0 Å². The normalized spacial score (nSPS) is 22.6. The highest BCUT2D eigenvalue weighted by molar-refractivity contribution is 5.94. The van der Waals surface area contributed by atoms with Crippen LogP contribution >= 0.6 is 0 Å². The van der Waals surface area contributed by atoms with Crippen molar-refractivity contribution in [1.82, 2.24) is 10.2 Å². The predicted molar refractivity (Wildman–Crippen MR) is 86.9 cm³/mol. The Bertz CT molecular complexity index is 492. The predicted octanol–water partition coefficient (Wildman–Crippen LogP) is 2.58. The molecule has 1 aromatic rings. The molecule has 0 aliphatic carbocycles. The maximum absolute atomic E-state index is 12.3. The summed E-state index contributed by atoms with van der Waals surface area (Å²) in [6.45, 7) is 4.75. The van der Waals surface area contributed by atoms with Gasteiger partial charge in [-0.1, -0.05) is 12.1 Å². The second-order valence-electron chi connectivity index (χ2n) is 6.38. The zero-order valence-electron chi connectivity index (χ0n) is 13.2. The van der Waals surface area contributed by atoms with Crippen LogP contribution in [0.2, 0.25) is 0 Å². The van der Waals surface area contributed by atoms with Gasteiger partial charge in [0.25, 0.3) is 5.91 Å². The van der Waals surface area contributed by atoms with Crippen molar-refractivity contribution in [1.29, 1.82) is 0 Å². The van der Waals surface area contributed by atoms with Gasteiger partial charge in [0.2, 0.25) is 0 Å². The fourth-order valence-corrected chi connectivity index (χ4v) is 3.29. The van der Waals surface area contributed by atoms with Crippen LogP contribution in [0, 0.1) is 0 Å². The first kappa shape index (κ1) is 15.5. The van der Waals surface area contributed by atoms with Gasteiger partial charge in [-0.2, -0.15) is 0 Å². The number of benzene rings is 1. The summed E-state index contributed by atoms with van der Waals surface area (Å²) in [6.07, 6.45) is 6.17. The van der Waals surface area contributed by atoms with Crippen molar-refractivity contribution < 1.29 is 9.53 Å². The third kappa shape index (κ3) is 4.31.